The third-order valence-corrected chi connectivity index (χ3v) is 4.07. The van der Waals surface area contributed by atoms with E-state index in [1.807, 2.05) is 11.8 Å². The van der Waals surface area contributed by atoms with Crippen molar-refractivity contribution in [2.45, 2.75) is 17.7 Å². The summed E-state index contributed by atoms with van der Waals surface area (Å²) in [6, 6.07) is 0.588. The molecule has 0 aromatic heterocycles. The van der Waals surface area contributed by atoms with Crippen molar-refractivity contribution in [1.29, 1.82) is 0 Å². The predicted octanol–water partition coefficient (Wildman–Crippen LogP) is 1.56. The van der Waals surface area contributed by atoms with Gasteiger partial charge in [0.2, 0.25) is 0 Å². The Labute approximate surface area is 79.6 Å². The molecule has 0 aromatic carbocycles. The topological polar surface area (TPSA) is 15.6 Å². The van der Waals surface area contributed by atoms with Crippen LogP contribution < -0.4 is 0 Å². The molecule has 2 rings (SSSR count). The summed E-state index contributed by atoms with van der Waals surface area (Å²) < 4.78 is 1.10. The van der Waals surface area contributed by atoms with Crippen molar-refractivity contribution in [3.63, 3.8) is 0 Å². The first-order chi connectivity index (χ1) is 5.25. The van der Waals surface area contributed by atoms with Gasteiger partial charge in [-0.1, -0.05) is 11.8 Å². The Morgan fingerprint density at radius 2 is 2.55 bits per heavy atom. The number of nitrogens with zero attached hydrogens (tertiary/aromatic N) is 2. The van der Waals surface area contributed by atoms with Crippen LogP contribution in [0.1, 0.15) is 6.42 Å². The average molecular weight is 235 g/mol. The van der Waals surface area contributed by atoms with Gasteiger partial charge in [-0.05, 0) is 35.9 Å². The number of hydrogen-bond donors (Lipinski definition) is 0. The van der Waals surface area contributed by atoms with E-state index in [9.17, 15) is 0 Å². The zero-order valence-corrected chi connectivity index (χ0v) is 8.86. The van der Waals surface area contributed by atoms with Gasteiger partial charge in [0.1, 0.15) is 3.95 Å². The van der Waals surface area contributed by atoms with Crippen LogP contribution in [0, 0.1) is 0 Å². The van der Waals surface area contributed by atoms with E-state index in [0.717, 1.165) is 3.95 Å². The number of aliphatic imine (C=N–C) groups is 1. The standard InChI is InChI=1S/C7H11BrN2S/c1-10-3-2-5-6(4-10)11-7(8)9-5/h5-6H,2-4H2,1H3. The third-order valence-electron chi connectivity index (χ3n) is 2.24. The van der Waals surface area contributed by atoms with Crippen LogP contribution in [0.25, 0.3) is 0 Å². The number of rotatable bonds is 0. The molecule has 4 heteroatoms. The highest BCUT2D eigenvalue weighted by Gasteiger charge is 2.33. The molecule has 1 fully saturated rings. The Kier molecular flexibility index (Phi) is 2.25. The van der Waals surface area contributed by atoms with Gasteiger partial charge >= 0.3 is 0 Å². The number of likely N-dealkylation sites (tertiary alicyclic amines) is 1. The largest absolute Gasteiger partial charge is 0.305 e. The fraction of sp³-hybridized carbons (Fsp3) is 0.857. The number of halogens is 1. The molecule has 62 valence electrons. The van der Waals surface area contributed by atoms with Crippen LogP contribution in [0.2, 0.25) is 0 Å². The summed E-state index contributed by atoms with van der Waals surface area (Å²) in [6.07, 6.45) is 1.23. The molecule has 2 unspecified atom stereocenters. The lowest BCUT2D eigenvalue weighted by molar-refractivity contribution is 0.266. The quantitative estimate of drug-likeness (QED) is 0.633. The lowest BCUT2D eigenvalue weighted by atomic mass is 10.1. The number of piperidine rings is 1. The maximum absolute atomic E-state index is 4.51. The fourth-order valence-corrected chi connectivity index (χ4v) is 3.72. The molecular formula is C7H11BrN2S. The first kappa shape index (κ1) is 8.08. The van der Waals surface area contributed by atoms with Crippen molar-refractivity contribution in [2.24, 2.45) is 4.99 Å². The zero-order chi connectivity index (χ0) is 7.84. The number of hydrogen-bond acceptors (Lipinski definition) is 3. The van der Waals surface area contributed by atoms with Crippen molar-refractivity contribution in [1.82, 2.24) is 4.90 Å². The third kappa shape index (κ3) is 1.63. The van der Waals surface area contributed by atoms with E-state index in [0.29, 0.717) is 11.3 Å². The van der Waals surface area contributed by atoms with Gasteiger partial charge in [0.15, 0.2) is 0 Å². The van der Waals surface area contributed by atoms with Crippen LogP contribution in [0.15, 0.2) is 4.99 Å². The highest BCUT2D eigenvalue weighted by Crippen LogP contribution is 2.34. The molecule has 0 aromatic rings. The molecule has 2 nitrogen and oxygen atoms in total. The second-order valence-corrected chi connectivity index (χ2v) is 5.66. The SMILES string of the molecule is CN1CCC2N=C(Br)SC2C1. The molecule has 0 aliphatic carbocycles. The molecule has 0 spiro atoms. The minimum atomic E-state index is 0.588. The van der Waals surface area contributed by atoms with Crippen LogP contribution >= 0.6 is 27.7 Å². The van der Waals surface area contributed by atoms with Crippen LogP contribution in [0.3, 0.4) is 0 Å². The van der Waals surface area contributed by atoms with Gasteiger partial charge < -0.3 is 4.90 Å². The zero-order valence-electron chi connectivity index (χ0n) is 6.46. The van der Waals surface area contributed by atoms with E-state index in [1.165, 1.54) is 19.5 Å². The Morgan fingerprint density at radius 3 is 3.36 bits per heavy atom. The van der Waals surface area contributed by atoms with Gasteiger partial charge in [0.25, 0.3) is 0 Å². The van der Waals surface area contributed by atoms with Crippen LogP contribution in [-0.4, -0.2) is 40.3 Å². The highest BCUT2D eigenvalue weighted by molar-refractivity contribution is 9.22. The molecular weight excluding hydrogens is 224 g/mol. The molecule has 0 saturated carbocycles. The van der Waals surface area contributed by atoms with Crippen molar-refractivity contribution in [2.75, 3.05) is 20.1 Å². The van der Waals surface area contributed by atoms with Crippen molar-refractivity contribution in [3.8, 4) is 0 Å². The fourth-order valence-electron chi connectivity index (χ4n) is 1.61. The summed E-state index contributed by atoms with van der Waals surface area (Å²) in [7, 11) is 2.18. The molecule has 11 heavy (non-hydrogen) atoms. The first-order valence-corrected chi connectivity index (χ1v) is 5.51. The van der Waals surface area contributed by atoms with Crippen molar-refractivity contribution < 1.29 is 0 Å². The highest BCUT2D eigenvalue weighted by atomic mass is 79.9. The lowest BCUT2D eigenvalue weighted by Gasteiger charge is -2.30. The molecule has 1 saturated heterocycles. The lowest BCUT2D eigenvalue weighted by Crippen LogP contribution is -2.40. The smallest absolute Gasteiger partial charge is 0.134 e. The minimum absolute atomic E-state index is 0.588. The summed E-state index contributed by atoms with van der Waals surface area (Å²) in [5, 5.41) is 0.711. The van der Waals surface area contributed by atoms with Gasteiger partial charge in [0, 0.05) is 11.8 Å². The summed E-state index contributed by atoms with van der Waals surface area (Å²) in [5.74, 6) is 0. The van der Waals surface area contributed by atoms with Crippen molar-refractivity contribution in [3.05, 3.63) is 0 Å². The Balaban J connectivity index is 2.03. The van der Waals surface area contributed by atoms with Crippen LogP contribution in [-0.2, 0) is 0 Å². The van der Waals surface area contributed by atoms with E-state index in [1.54, 1.807) is 0 Å². The van der Waals surface area contributed by atoms with E-state index >= 15 is 0 Å². The monoisotopic (exact) mass is 234 g/mol. The maximum atomic E-state index is 4.51. The summed E-state index contributed by atoms with van der Waals surface area (Å²) >= 11 is 5.32. The first-order valence-electron chi connectivity index (χ1n) is 3.84. The molecule has 2 heterocycles. The van der Waals surface area contributed by atoms with Gasteiger partial charge in [0.05, 0.1) is 6.04 Å². The normalized spacial score (nSPS) is 38.5. The number of thioether (sulfide) groups is 1. The maximum Gasteiger partial charge on any atom is 0.134 e. The number of fused-ring (bicyclic) bond motifs is 1. The Hall–Kier alpha value is 0.460. The van der Waals surface area contributed by atoms with E-state index < -0.39 is 0 Å². The minimum Gasteiger partial charge on any atom is -0.305 e. The molecule has 2 aliphatic rings. The van der Waals surface area contributed by atoms with Crippen molar-refractivity contribution >= 4 is 31.6 Å². The second kappa shape index (κ2) is 3.07. The van der Waals surface area contributed by atoms with E-state index in [4.69, 9.17) is 0 Å². The molecule has 2 aliphatic heterocycles. The van der Waals surface area contributed by atoms with E-state index in [-0.39, 0.29) is 0 Å². The molecule has 0 amide bonds. The molecule has 0 bridgehead atoms. The summed E-state index contributed by atoms with van der Waals surface area (Å²) in [4.78, 5) is 6.90. The van der Waals surface area contributed by atoms with Gasteiger partial charge in [-0.2, -0.15) is 0 Å². The van der Waals surface area contributed by atoms with Gasteiger partial charge in [-0.3, -0.25) is 4.99 Å². The van der Waals surface area contributed by atoms with Crippen LogP contribution in [0.5, 0.6) is 0 Å². The van der Waals surface area contributed by atoms with Crippen LogP contribution in [0.4, 0.5) is 0 Å². The molecule has 2 atom stereocenters. The predicted molar refractivity (Wildman–Crippen MR) is 53.6 cm³/mol. The van der Waals surface area contributed by atoms with E-state index in [2.05, 4.69) is 32.9 Å². The average Bonchev–Trinajstić information content (AvgIpc) is 2.27. The molecule has 0 N–H and O–H groups in total. The Morgan fingerprint density at radius 1 is 1.73 bits per heavy atom. The Bertz CT molecular complexity index is 195. The summed E-state index contributed by atoms with van der Waals surface area (Å²) in [6.45, 7) is 2.39. The van der Waals surface area contributed by atoms with Gasteiger partial charge in [-0.25, -0.2) is 0 Å². The van der Waals surface area contributed by atoms with Gasteiger partial charge in [-0.15, -0.1) is 0 Å². The molecule has 0 radical (unpaired) electrons. The summed E-state index contributed by atoms with van der Waals surface area (Å²) in [5.41, 5.74) is 0. The second-order valence-electron chi connectivity index (χ2n) is 3.16.